The van der Waals surface area contributed by atoms with E-state index in [2.05, 4.69) is 23.9 Å². The third kappa shape index (κ3) is 6.03. The molecule has 8 heteroatoms. The number of amides is 1. The van der Waals surface area contributed by atoms with Crippen LogP contribution in [-0.2, 0) is 24.3 Å². The minimum absolute atomic E-state index is 0. The van der Waals surface area contributed by atoms with E-state index in [0.717, 1.165) is 52.9 Å². The lowest BCUT2D eigenvalue weighted by Crippen LogP contribution is -2.36. The molecule has 0 radical (unpaired) electrons. The van der Waals surface area contributed by atoms with Gasteiger partial charge in [-0.2, -0.15) is 5.10 Å². The molecule has 2 aromatic heterocycles. The van der Waals surface area contributed by atoms with Gasteiger partial charge in [-0.3, -0.25) is 14.5 Å². The van der Waals surface area contributed by atoms with Crippen molar-refractivity contribution < 1.29 is 9.90 Å². The molecule has 4 aromatic rings. The Morgan fingerprint density at radius 3 is 2.68 bits per heavy atom. The molecule has 1 amide bonds. The number of aromatic nitrogens is 3. The molecule has 1 N–H and O–H groups in total. The number of halogens is 2. The summed E-state index contributed by atoms with van der Waals surface area (Å²) in [6.07, 6.45) is 7.95. The van der Waals surface area contributed by atoms with Gasteiger partial charge in [0.2, 0.25) is 5.91 Å². The van der Waals surface area contributed by atoms with Crippen LogP contribution >= 0.6 is 24.0 Å². The van der Waals surface area contributed by atoms with Crippen LogP contribution in [0, 0.1) is 0 Å². The SMILES string of the molecule is CC(C)c1ccc(N(Cc2cnn(Cc3cccc(Cl)c3)c2)C(=O)C2CCCc3c(O)cccc32)cn1.Cl. The summed E-state index contributed by atoms with van der Waals surface area (Å²) in [6, 6.07) is 17.2. The summed E-state index contributed by atoms with van der Waals surface area (Å²) in [5.74, 6) is 0.262. The topological polar surface area (TPSA) is 71.2 Å². The van der Waals surface area contributed by atoms with Crippen LogP contribution in [0.25, 0.3) is 0 Å². The molecule has 0 bridgehead atoms. The van der Waals surface area contributed by atoms with Crippen molar-refractivity contribution in [2.24, 2.45) is 0 Å². The van der Waals surface area contributed by atoms with Crippen molar-refractivity contribution in [3.05, 3.63) is 106 Å². The Balaban J connectivity index is 0.00000336. The summed E-state index contributed by atoms with van der Waals surface area (Å²) >= 11 is 6.14. The molecule has 1 unspecified atom stereocenters. The standard InChI is InChI=1S/C30H31ClN4O2.ClH/c1-20(2)28-13-12-24(16-32-28)35(30(37)27-10-4-9-26-25(27)8-5-11-29(26)36)19-22-15-33-34(18-22)17-21-6-3-7-23(31)14-21;/h3,5-8,11-16,18,20,27,36H,4,9-10,17,19H2,1-2H3;1H. The number of anilines is 1. The fraction of sp³-hybridized carbons (Fsp3) is 0.300. The summed E-state index contributed by atoms with van der Waals surface area (Å²) in [5, 5.41) is 15.6. The number of hydrogen-bond acceptors (Lipinski definition) is 4. The van der Waals surface area contributed by atoms with E-state index in [1.54, 1.807) is 18.5 Å². The van der Waals surface area contributed by atoms with Gasteiger partial charge >= 0.3 is 0 Å². The molecule has 1 atom stereocenters. The maximum atomic E-state index is 14.1. The molecule has 5 rings (SSSR count). The van der Waals surface area contributed by atoms with E-state index in [0.29, 0.717) is 24.0 Å². The Hall–Kier alpha value is -3.35. The van der Waals surface area contributed by atoms with Crippen LogP contribution in [0.15, 0.2) is 73.2 Å². The Kier molecular flexibility index (Phi) is 8.75. The highest BCUT2D eigenvalue weighted by Crippen LogP contribution is 2.38. The number of aromatic hydroxyl groups is 1. The monoisotopic (exact) mass is 550 g/mol. The molecule has 1 aliphatic carbocycles. The van der Waals surface area contributed by atoms with E-state index in [1.807, 2.05) is 64.3 Å². The first-order valence-electron chi connectivity index (χ1n) is 12.7. The molecule has 0 aliphatic heterocycles. The zero-order chi connectivity index (χ0) is 25.9. The van der Waals surface area contributed by atoms with Crippen LogP contribution in [0.2, 0.25) is 5.02 Å². The van der Waals surface area contributed by atoms with Crippen LogP contribution < -0.4 is 4.90 Å². The fourth-order valence-corrected chi connectivity index (χ4v) is 5.26. The maximum absolute atomic E-state index is 14.1. The number of fused-ring (bicyclic) bond motifs is 1. The second kappa shape index (κ2) is 12.0. The summed E-state index contributed by atoms with van der Waals surface area (Å²) in [7, 11) is 0. The molecule has 0 saturated carbocycles. The van der Waals surface area contributed by atoms with Crippen LogP contribution in [0.1, 0.15) is 66.5 Å². The number of nitrogens with zero attached hydrogens (tertiary/aromatic N) is 4. The zero-order valence-electron chi connectivity index (χ0n) is 21.5. The van der Waals surface area contributed by atoms with Gasteiger partial charge in [-0.15, -0.1) is 12.4 Å². The Morgan fingerprint density at radius 1 is 1.13 bits per heavy atom. The quantitative estimate of drug-likeness (QED) is 0.272. The van der Waals surface area contributed by atoms with Gasteiger partial charge in [0.15, 0.2) is 0 Å². The molecule has 1 aliphatic rings. The van der Waals surface area contributed by atoms with E-state index in [1.165, 1.54) is 0 Å². The van der Waals surface area contributed by atoms with Crippen LogP contribution in [-0.4, -0.2) is 25.8 Å². The number of carbonyl (C=O) groups is 1. The van der Waals surface area contributed by atoms with E-state index in [9.17, 15) is 9.90 Å². The lowest BCUT2D eigenvalue weighted by atomic mass is 9.81. The molecule has 0 fully saturated rings. The maximum Gasteiger partial charge on any atom is 0.234 e. The van der Waals surface area contributed by atoms with Gasteiger partial charge in [-0.05, 0) is 72.2 Å². The molecule has 198 valence electrons. The summed E-state index contributed by atoms with van der Waals surface area (Å²) in [4.78, 5) is 20.5. The Morgan fingerprint density at radius 2 is 1.95 bits per heavy atom. The van der Waals surface area contributed by atoms with Crippen molar-refractivity contribution in [1.82, 2.24) is 14.8 Å². The lowest BCUT2D eigenvalue weighted by molar-refractivity contribution is -0.120. The van der Waals surface area contributed by atoms with E-state index in [4.69, 9.17) is 11.6 Å². The largest absolute Gasteiger partial charge is 0.508 e. The van der Waals surface area contributed by atoms with Gasteiger partial charge in [0.1, 0.15) is 5.75 Å². The minimum atomic E-state index is -0.317. The van der Waals surface area contributed by atoms with Crippen molar-refractivity contribution in [2.75, 3.05) is 4.90 Å². The molecule has 6 nitrogen and oxygen atoms in total. The van der Waals surface area contributed by atoms with Gasteiger partial charge < -0.3 is 10.0 Å². The highest BCUT2D eigenvalue weighted by molar-refractivity contribution is 6.30. The van der Waals surface area contributed by atoms with Gasteiger partial charge in [0.05, 0.1) is 37.1 Å². The normalized spacial score (nSPS) is 14.6. The van der Waals surface area contributed by atoms with Crippen molar-refractivity contribution in [3.8, 4) is 5.75 Å². The average Bonchev–Trinajstić information content (AvgIpc) is 3.33. The van der Waals surface area contributed by atoms with Gasteiger partial charge in [0.25, 0.3) is 0 Å². The molecular formula is C30H32Cl2N4O2. The Labute approximate surface area is 234 Å². The lowest BCUT2D eigenvalue weighted by Gasteiger charge is -2.31. The average molecular weight is 552 g/mol. The highest BCUT2D eigenvalue weighted by atomic mass is 35.5. The number of benzene rings is 2. The molecule has 0 saturated heterocycles. The molecule has 2 aromatic carbocycles. The fourth-order valence-electron chi connectivity index (χ4n) is 5.05. The number of carbonyl (C=O) groups excluding carboxylic acids is 1. The number of hydrogen-bond donors (Lipinski definition) is 1. The number of rotatable bonds is 7. The van der Waals surface area contributed by atoms with E-state index < -0.39 is 0 Å². The molecular weight excluding hydrogens is 519 g/mol. The first-order valence-corrected chi connectivity index (χ1v) is 13.1. The summed E-state index contributed by atoms with van der Waals surface area (Å²) in [6.45, 7) is 5.17. The predicted octanol–water partition coefficient (Wildman–Crippen LogP) is 6.88. The number of pyridine rings is 1. The summed E-state index contributed by atoms with van der Waals surface area (Å²) < 4.78 is 1.86. The number of phenolic OH excluding ortho intramolecular Hbond substituents is 1. The number of phenols is 1. The van der Waals surface area contributed by atoms with Crippen LogP contribution in [0.5, 0.6) is 5.75 Å². The predicted molar refractivity (Wildman–Crippen MR) is 153 cm³/mol. The molecule has 0 spiro atoms. The van der Waals surface area contributed by atoms with Crippen molar-refractivity contribution in [1.29, 1.82) is 0 Å². The smallest absolute Gasteiger partial charge is 0.234 e. The minimum Gasteiger partial charge on any atom is -0.508 e. The highest BCUT2D eigenvalue weighted by Gasteiger charge is 2.32. The third-order valence-electron chi connectivity index (χ3n) is 6.98. The van der Waals surface area contributed by atoms with Gasteiger partial charge in [0, 0.05) is 22.5 Å². The van der Waals surface area contributed by atoms with Crippen molar-refractivity contribution >= 4 is 35.6 Å². The second-order valence-electron chi connectivity index (χ2n) is 9.99. The Bertz CT molecular complexity index is 1400. The van der Waals surface area contributed by atoms with E-state index in [-0.39, 0.29) is 30.0 Å². The summed E-state index contributed by atoms with van der Waals surface area (Å²) in [5.41, 5.74) is 5.53. The van der Waals surface area contributed by atoms with Crippen LogP contribution in [0.3, 0.4) is 0 Å². The molecule has 2 heterocycles. The third-order valence-corrected chi connectivity index (χ3v) is 7.22. The van der Waals surface area contributed by atoms with Crippen LogP contribution in [0.4, 0.5) is 5.69 Å². The van der Waals surface area contributed by atoms with Gasteiger partial charge in [-0.1, -0.05) is 49.7 Å². The molecule has 38 heavy (non-hydrogen) atoms. The van der Waals surface area contributed by atoms with Crippen molar-refractivity contribution in [2.45, 2.75) is 58.0 Å². The van der Waals surface area contributed by atoms with Crippen molar-refractivity contribution in [3.63, 3.8) is 0 Å². The van der Waals surface area contributed by atoms with Gasteiger partial charge in [-0.25, -0.2) is 0 Å². The second-order valence-corrected chi connectivity index (χ2v) is 10.4. The zero-order valence-corrected chi connectivity index (χ0v) is 23.1. The first kappa shape index (κ1) is 27.7. The first-order chi connectivity index (χ1) is 17.9. The van der Waals surface area contributed by atoms with E-state index >= 15 is 0 Å².